The van der Waals surface area contributed by atoms with Crippen LogP contribution in [0.15, 0.2) is 200 Å². The van der Waals surface area contributed by atoms with E-state index in [4.69, 9.17) is 0 Å². The van der Waals surface area contributed by atoms with Crippen LogP contribution >= 0.6 is 0 Å². The number of benzene rings is 8. The molecule has 0 heterocycles. The molecule has 0 atom stereocenters. The summed E-state index contributed by atoms with van der Waals surface area (Å²) in [5.41, 5.74) is 18.4. The Balaban J connectivity index is 1.05. The number of hydrogen-bond donors (Lipinski definition) is 0. The highest BCUT2D eigenvalue weighted by Crippen LogP contribution is 2.52. The summed E-state index contributed by atoms with van der Waals surface area (Å²) in [6.45, 7) is 4.75. The zero-order valence-corrected chi connectivity index (χ0v) is 29.5. The first-order valence-electron chi connectivity index (χ1n) is 18.1. The Kier molecular flexibility index (Phi) is 7.90. The fourth-order valence-corrected chi connectivity index (χ4v) is 7.92. The molecule has 0 saturated heterocycles. The molecule has 8 aromatic rings. The van der Waals surface area contributed by atoms with E-state index in [2.05, 4.69) is 219 Å². The van der Waals surface area contributed by atoms with E-state index in [-0.39, 0.29) is 5.41 Å². The molecule has 8 aromatic carbocycles. The van der Waals surface area contributed by atoms with Gasteiger partial charge in [-0.15, -0.1) is 0 Å². The van der Waals surface area contributed by atoms with Crippen molar-refractivity contribution in [3.05, 3.63) is 211 Å². The summed E-state index contributed by atoms with van der Waals surface area (Å²) in [5.74, 6) is 0. The van der Waals surface area contributed by atoms with Gasteiger partial charge in [0.25, 0.3) is 0 Å². The maximum absolute atomic E-state index is 2.42. The lowest BCUT2D eigenvalue weighted by Crippen LogP contribution is -2.17. The van der Waals surface area contributed by atoms with Crippen molar-refractivity contribution in [1.82, 2.24) is 0 Å². The molecule has 1 heteroatoms. The molecular weight excluding hydrogens is 627 g/mol. The van der Waals surface area contributed by atoms with Crippen molar-refractivity contribution in [1.29, 1.82) is 0 Å². The highest BCUT2D eigenvalue weighted by Gasteiger charge is 2.36. The third-order valence-electron chi connectivity index (χ3n) is 10.7. The Morgan fingerprint density at radius 2 is 0.731 bits per heavy atom. The van der Waals surface area contributed by atoms with Gasteiger partial charge in [0.1, 0.15) is 0 Å². The molecule has 0 saturated carbocycles. The molecule has 0 aliphatic heterocycles. The van der Waals surface area contributed by atoms with E-state index < -0.39 is 0 Å². The first kappa shape index (κ1) is 31.5. The van der Waals surface area contributed by atoms with E-state index in [0.717, 1.165) is 17.1 Å². The lowest BCUT2D eigenvalue weighted by molar-refractivity contribution is 0.660. The second-order valence-electron chi connectivity index (χ2n) is 14.2. The Hall–Kier alpha value is -6.44. The van der Waals surface area contributed by atoms with Crippen molar-refractivity contribution in [2.75, 3.05) is 4.90 Å². The molecule has 1 aliphatic carbocycles. The van der Waals surface area contributed by atoms with E-state index in [1.54, 1.807) is 0 Å². The van der Waals surface area contributed by atoms with Crippen molar-refractivity contribution in [2.24, 2.45) is 0 Å². The van der Waals surface area contributed by atoms with Gasteiger partial charge in [0.2, 0.25) is 0 Å². The average molecular weight is 666 g/mol. The van der Waals surface area contributed by atoms with E-state index in [0.29, 0.717) is 0 Å². The first-order valence-corrected chi connectivity index (χ1v) is 18.1. The molecule has 9 rings (SSSR count). The second-order valence-corrected chi connectivity index (χ2v) is 14.2. The van der Waals surface area contributed by atoms with Gasteiger partial charge in [-0.1, -0.05) is 178 Å². The van der Waals surface area contributed by atoms with E-state index in [1.165, 1.54) is 66.8 Å². The molecule has 0 spiro atoms. The number of hydrogen-bond acceptors (Lipinski definition) is 1. The Morgan fingerprint density at radius 1 is 0.308 bits per heavy atom. The fraction of sp³-hybridized carbons (Fsp3) is 0.0588. The van der Waals surface area contributed by atoms with Crippen LogP contribution in [0.1, 0.15) is 25.0 Å². The predicted octanol–water partition coefficient (Wildman–Crippen LogP) is 14.1. The van der Waals surface area contributed by atoms with E-state index in [1.807, 2.05) is 0 Å². The topological polar surface area (TPSA) is 3.24 Å². The van der Waals surface area contributed by atoms with Crippen molar-refractivity contribution in [2.45, 2.75) is 19.3 Å². The lowest BCUT2D eigenvalue weighted by atomic mass is 9.81. The smallest absolute Gasteiger partial charge is 0.0540 e. The maximum atomic E-state index is 2.42. The molecule has 0 amide bonds. The molecule has 0 radical (unpaired) electrons. The third-order valence-corrected chi connectivity index (χ3v) is 10.7. The average Bonchev–Trinajstić information content (AvgIpc) is 3.44. The van der Waals surface area contributed by atoms with Gasteiger partial charge in [0, 0.05) is 22.4 Å². The van der Waals surface area contributed by atoms with Gasteiger partial charge in [-0.2, -0.15) is 0 Å². The number of anilines is 3. The molecule has 1 aliphatic rings. The van der Waals surface area contributed by atoms with Crippen LogP contribution in [0.3, 0.4) is 0 Å². The molecular formula is C51H39N. The SMILES string of the molecule is CC1(C)c2cc(-c3ccc(-c4ccc(-c5ccccc5)cc4)cc3)ccc2-c2ccc(N(c3ccccc3)c3ccccc3-c3ccccc3)cc21. The van der Waals surface area contributed by atoms with Crippen LogP contribution < -0.4 is 4.90 Å². The standard InChI is InChI=1S/C51H39N/c1-51(2)48-34-42(40-28-26-39(27-29-40)38-24-22-37(23-25-38)36-14-6-3-7-15-36)30-32-46(48)47-33-31-44(35-49(47)51)52(43-18-10-5-11-19-43)50-21-13-12-20-45(50)41-16-8-4-9-17-41/h3-35H,1-2H3. The van der Waals surface area contributed by atoms with Crippen molar-refractivity contribution < 1.29 is 0 Å². The van der Waals surface area contributed by atoms with Crippen LogP contribution in [0.2, 0.25) is 0 Å². The number of nitrogens with zero attached hydrogens (tertiary/aromatic N) is 1. The third kappa shape index (κ3) is 5.61. The lowest BCUT2D eigenvalue weighted by Gasteiger charge is -2.29. The minimum Gasteiger partial charge on any atom is -0.310 e. The summed E-state index contributed by atoms with van der Waals surface area (Å²) in [4.78, 5) is 2.41. The molecule has 0 unspecified atom stereocenters. The highest BCUT2D eigenvalue weighted by molar-refractivity contribution is 5.91. The number of fused-ring (bicyclic) bond motifs is 3. The van der Waals surface area contributed by atoms with Crippen LogP contribution in [-0.2, 0) is 5.41 Å². The molecule has 0 aromatic heterocycles. The summed E-state index contributed by atoms with van der Waals surface area (Å²) < 4.78 is 0. The summed E-state index contributed by atoms with van der Waals surface area (Å²) in [6, 6.07) is 72.7. The molecule has 1 nitrogen and oxygen atoms in total. The Labute approximate surface area is 307 Å². The van der Waals surface area contributed by atoms with Gasteiger partial charge in [-0.05, 0) is 97.6 Å². The highest BCUT2D eigenvalue weighted by atomic mass is 15.1. The fourth-order valence-electron chi connectivity index (χ4n) is 7.92. The van der Waals surface area contributed by atoms with Gasteiger partial charge >= 0.3 is 0 Å². The summed E-state index contributed by atoms with van der Waals surface area (Å²) in [6.07, 6.45) is 0. The van der Waals surface area contributed by atoms with Crippen LogP contribution in [0.25, 0.3) is 55.6 Å². The first-order chi connectivity index (χ1) is 25.5. The summed E-state index contributed by atoms with van der Waals surface area (Å²) in [7, 11) is 0. The van der Waals surface area contributed by atoms with E-state index >= 15 is 0 Å². The van der Waals surface area contributed by atoms with Gasteiger partial charge in [-0.3, -0.25) is 0 Å². The van der Waals surface area contributed by atoms with Gasteiger partial charge in [0.15, 0.2) is 0 Å². The van der Waals surface area contributed by atoms with E-state index in [9.17, 15) is 0 Å². The summed E-state index contributed by atoms with van der Waals surface area (Å²) >= 11 is 0. The van der Waals surface area contributed by atoms with Gasteiger partial charge in [-0.25, -0.2) is 0 Å². The number of rotatable bonds is 7. The van der Waals surface area contributed by atoms with Crippen LogP contribution in [0.4, 0.5) is 17.1 Å². The summed E-state index contributed by atoms with van der Waals surface area (Å²) in [5, 5.41) is 0. The zero-order valence-electron chi connectivity index (χ0n) is 29.5. The normalized spacial score (nSPS) is 12.6. The van der Waals surface area contributed by atoms with Crippen LogP contribution in [0, 0.1) is 0 Å². The molecule has 248 valence electrons. The van der Waals surface area contributed by atoms with Crippen LogP contribution in [-0.4, -0.2) is 0 Å². The minimum atomic E-state index is -0.168. The Bertz CT molecular complexity index is 2500. The quantitative estimate of drug-likeness (QED) is 0.164. The van der Waals surface area contributed by atoms with Crippen LogP contribution in [0.5, 0.6) is 0 Å². The number of para-hydroxylation sites is 2. The zero-order chi connectivity index (χ0) is 35.1. The van der Waals surface area contributed by atoms with Crippen molar-refractivity contribution >= 4 is 17.1 Å². The predicted molar refractivity (Wildman–Crippen MR) is 220 cm³/mol. The largest absolute Gasteiger partial charge is 0.310 e. The van der Waals surface area contributed by atoms with Crippen molar-refractivity contribution in [3.63, 3.8) is 0 Å². The van der Waals surface area contributed by atoms with Gasteiger partial charge in [0.05, 0.1) is 5.69 Å². The maximum Gasteiger partial charge on any atom is 0.0540 e. The monoisotopic (exact) mass is 665 g/mol. The molecule has 0 N–H and O–H groups in total. The second kappa shape index (κ2) is 13.0. The molecule has 52 heavy (non-hydrogen) atoms. The molecule has 0 fully saturated rings. The Morgan fingerprint density at radius 3 is 1.33 bits per heavy atom. The van der Waals surface area contributed by atoms with Gasteiger partial charge < -0.3 is 4.90 Å². The van der Waals surface area contributed by atoms with Crippen molar-refractivity contribution in [3.8, 4) is 55.6 Å². The minimum absolute atomic E-state index is 0.168. The molecule has 0 bridgehead atoms.